The van der Waals surface area contributed by atoms with E-state index < -0.39 is 0 Å². The van der Waals surface area contributed by atoms with E-state index in [1.54, 1.807) is 23.5 Å². The summed E-state index contributed by atoms with van der Waals surface area (Å²) in [7, 11) is 0. The minimum atomic E-state index is 0.459. The number of hydrogen-bond acceptors (Lipinski definition) is 4. The maximum atomic E-state index is 5.58. The van der Waals surface area contributed by atoms with E-state index in [9.17, 15) is 0 Å². The molecule has 2 atom stereocenters. The van der Waals surface area contributed by atoms with Crippen molar-refractivity contribution >= 4 is 56.4 Å². The number of thiocarbonyl (C=S) groups is 2. The topological polar surface area (TPSA) is 0 Å². The van der Waals surface area contributed by atoms with E-state index in [0.717, 1.165) is 31.0 Å². The van der Waals surface area contributed by atoms with Crippen molar-refractivity contribution in [1.82, 2.24) is 0 Å². The van der Waals surface area contributed by atoms with Gasteiger partial charge in [-0.15, -0.1) is 23.5 Å². The molecule has 4 heteroatoms. The average Bonchev–Trinajstić information content (AvgIpc) is 2.81. The fraction of sp³-hybridized carbons (Fsp3) is 0.231. The van der Waals surface area contributed by atoms with Gasteiger partial charge in [0.05, 0.1) is 8.39 Å². The Morgan fingerprint density at radius 1 is 0.600 bits per heavy atom. The highest BCUT2D eigenvalue weighted by Gasteiger charge is 2.12. The Bertz CT molecular complexity index is 869. The largest absolute Gasteiger partial charge is 0.113 e. The molecule has 3 aromatic rings. The van der Waals surface area contributed by atoms with Crippen LogP contribution >= 0.6 is 48.0 Å². The zero-order valence-electron chi connectivity index (χ0n) is 17.3. The average molecular weight is 467 g/mol. The molecule has 0 aliphatic rings. The molecule has 0 spiro atoms. The van der Waals surface area contributed by atoms with Gasteiger partial charge in [0.2, 0.25) is 0 Å². The normalized spacial score (nSPS) is 12.9. The maximum absolute atomic E-state index is 5.58. The van der Waals surface area contributed by atoms with Crippen molar-refractivity contribution in [1.29, 1.82) is 0 Å². The zero-order valence-corrected chi connectivity index (χ0v) is 20.6. The summed E-state index contributed by atoms with van der Waals surface area (Å²) < 4.78 is 1.94. The summed E-state index contributed by atoms with van der Waals surface area (Å²) in [6.07, 6.45) is 0. The van der Waals surface area contributed by atoms with Gasteiger partial charge in [0.25, 0.3) is 0 Å². The summed E-state index contributed by atoms with van der Waals surface area (Å²) in [5.74, 6) is 2.90. The zero-order chi connectivity index (χ0) is 21.3. The fourth-order valence-electron chi connectivity index (χ4n) is 3.06. The minimum absolute atomic E-state index is 0.459. The molecule has 3 aromatic carbocycles. The van der Waals surface area contributed by atoms with Crippen molar-refractivity contribution in [2.45, 2.75) is 25.7 Å². The molecule has 30 heavy (non-hydrogen) atoms. The van der Waals surface area contributed by atoms with Gasteiger partial charge in [-0.05, 0) is 34.1 Å². The lowest BCUT2D eigenvalue weighted by molar-refractivity contribution is 0.860. The van der Waals surface area contributed by atoms with Crippen LogP contribution in [0.25, 0.3) is 0 Å². The van der Waals surface area contributed by atoms with Gasteiger partial charge < -0.3 is 0 Å². The van der Waals surface area contributed by atoms with Crippen LogP contribution in [0.5, 0.6) is 0 Å². The molecule has 0 saturated heterocycles. The molecule has 0 heterocycles. The van der Waals surface area contributed by atoms with Crippen molar-refractivity contribution in [3.63, 3.8) is 0 Å². The predicted octanol–water partition coefficient (Wildman–Crippen LogP) is 8.11. The molecule has 0 amide bonds. The summed E-state index contributed by atoms with van der Waals surface area (Å²) in [5.41, 5.74) is 5.00. The Labute approximate surface area is 199 Å². The molecule has 0 nitrogen and oxygen atoms in total. The first-order chi connectivity index (χ1) is 14.5. The lowest BCUT2D eigenvalue weighted by atomic mass is 9.97. The van der Waals surface area contributed by atoms with Crippen molar-refractivity contribution in [2.24, 2.45) is 0 Å². The summed E-state index contributed by atoms with van der Waals surface area (Å²) in [4.78, 5) is 0. The summed E-state index contributed by atoms with van der Waals surface area (Å²) in [5, 5.41) is 0. The third-order valence-corrected chi connectivity index (χ3v) is 8.53. The van der Waals surface area contributed by atoms with Gasteiger partial charge >= 0.3 is 0 Å². The monoisotopic (exact) mass is 466 g/mol. The van der Waals surface area contributed by atoms with Gasteiger partial charge in [-0.1, -0.05) is 123 Å². The van der Waals surface area contributed by atoms with Crippen LogP contribution in [0, 0.1) is 0 Å². The molecule has 3 rings (SSSR count). The molecule has 2 unspecified atom stereocenters. The second-order valence-electron chi connectivity index (χ2n) is 7.40. The highest BCUT2D eigenvalue weighted by Crippen LogP contribution is 2.27. The quantitative estimate of drug-likeness (QED) is 0.307. The standard InChI is InChI=1S/C26H26S4/c1-19(17-29-25(27)23-9-5-3-6-10-23)21-13-15-22(16-14-21)20(2)18-30-26(28)24-11-7-4-8-12-24/h3-16,19-20H,17-18H2,1-2H3. The third-order valence-electron chi connectivity index (χ3n) is 5.02. The van der Waals surface area contributed by atoms with Crippen LogP contribution in [0.15, 0.2) is 84.9 Å². The van der Waals surface area contributed by atoms with E-state index in [1.165, 1.54) is 11.1 Å². The molecule has 0 saturated carbocycles. The van der Waals surface area contributed by atoms with E-state index in [-0.39, 0.29) is 0 Å². The number of hydrogen-bond donors (Lipinski definition) is 0. The van der Waals surface area contributed by atoms with Crippen molar-refractivity contribution in [3.8, 4) is 0 Å². The molecule has 0 aliphatic heterocycles. The van der Waals surface area contributed by atoms with E-state index in [0.29, 0.717) is 11.8 Å². The molecule has 0 bridgehead atoms. The molecular weight excluding hydrogens is 441 g/mol. The Balaban J connectivity index is 1.49. The van der Waals surface area contributed by atoms with Gasteiger partial charge in [0.1, 0.15) is 0 Å². The maximum Gasteiger partial charge on any atom is 0.0778 e. The number of thioether (sulfide) groups is 2. The first kappa shape index (κ1) is 23.2. The molecule has 0 aliphatic carbocycles. The summed E-state index contributed by atoms with van der Waals surface area (Å²) in [6.45, 7) is 4.54. The van der Waals surface area contributed by atoms with Crippen molar-refractivity contribution in [2.75, 3.05) is 11.5 Å². The van der Waals surface area contributed by atoms with Gasteiger partial charge in [0, 0.05) is 11.5 Å². The van der Waals surface area contributed by atoms with Crippen LogP contribution in [-0.2, 0) is 0 Å². The van der Waals surface area contributed by atoms with Crippen LogP contribution in [0.2, 0.25) is 0 Å². The smallest absolute Gasteiger partial charge is 0.0778 e. The Morgan fingerprint density at radius 2 is 0.933 bits per heavy atom. The second-order valence-corrected chi connectivity index (χ2v) is 10.8. The van der Waals surface area contributed by atoms with Crippen molar-refractivity contribution in [3.05, 3.63) is 107 Å². The van der Waals surface area contributed by atoms with Gasteiger partial charge in [0.15, 0.2) is 0 Å². The predicted molar refractivity (Wildman–Crippen MR) is 144 cm³/mol. The first-order valence-electron chi connectivity index (χ1n) is 10.1. The lowest BCUT2D eigenvalue weighted by Gasteiger charge is -2.15. The molecule has 154 valence electrons. The molecular formula is C26H26S4. The fourth-order valence-corrected chi connectivity index (χ4v) is 5.54. The summed E-state index contributed by atoms with van der Waals surface area (Å²) >= 11 is 14.7. The minimum Gasteiger partial charge on any atom is -0.113 e. The molecule has 0 fully saturated rings. The van der Waals surface area contributed by atoms with Crippen LogP contribution in [0.3, 0.4) is 0 Å². The number of rotatable bonds is 8. The molecule has 0 aromatic heterocycles. The summed E-state index contributed by atoms with van der Waals surface area (Å²) in [6, 6.07) is 29.6. The van der Waals surface area contributed by atoms with Gasteiger partial charge in [-0.25, -0.2) is 0 Å². The highest BCUT2D eigenvalue weighted by molar-refractivity contribution is 8.24. The van der Waals surface area contributed by atoms with Crippen LogP contribution in [0.1, 0.15) is 47.9 Å². The SMILES string of the molecule is CC(CSC(=S)c1ccccc1)c1ccc(C(C)CSC(=S)c2ccccc2)cc1. The Morgan fingerprint density at radius 3 is 1.27 bits per heavy atom. The second kappa shape index (κ2) is 11.8. The van der Waals surface area contributed by atoms with E-state index in [2.05, 4.69) is 62.4 Å². The van der Waals surface area contributed by atoms with Crippen LogP contribution in [-0.4, -0.2) is 19.9 Å². The Kier molecular flexibility index (Phi) is 9.13. The van der Waals surface area contributed by atoms with E-state index >= 15 is 0 Å². The lowest BCUT2D eigenvalue weighted by Crippen LogP contribution is -2.03. The van der Waals surface area contributed by atoms with E-state index in [1.807, 2.05) is 36.4 Å². The highest BCUT2D eigenvalue weighted by atomic mass is 32.2. The molecule has 0 N–H and O–H groups in total. The van der Waals surface area contributed by atoms with Gasteiger partial charge in [-0.3, -0.25) is 0 Å². The first-order valence-corrected chi connectivity index (χ1v) is 12.9. The third kappa shape index (κ3) is 6.78. The van der Waals surface area contributed by atoms with E-state index in [4.69, 9.17) is 24.4 Å². The number of benzene rings is 3. The van der Waals surface area contributed by atoms with Crippen LogP contribution in [0.4, 0.5) is 0 Å². The molecule has 0 radical (unpaired) electrons. The Hall–Kier alpha value is -1.46. The van der Waals surface area contributed by atoms with Crippen molar-refractivity contribution < 1.29 is 0 Å². The van der Waals surface area contributed by atoms with Gasteiger partial charge in [-0.2, -0.15) is 0 Å². The van der Waals surface area contributed by atoms with Crippen LogP contribution < -0.4 is 0 Å².